The van der Waals surface area contributed by atoms with Crippen LogP contribution in [0, 0.1) is 24.7 Å². The normalized spacial score (nSPS) is 29.7. The number of nitrogens with one attached hydrogen (secondary N) is 1. The third-order valence-electron chi connectivity index (χ3n) is 5.27. The number of carbonyl (C=O) groups excluding carboxylic acids is 1. The Kier molecular flexibility index (Phi) is 3.34. The molecule has 0 radical (unpaired) electrons. The molecule has 4 rings (SSSR count). The smallest absolute Gasteiger partial charge is 0.241 e. The van der Waals surface area contributed by atoms with Gasteiger partial charge in [-0.2, -0.15) is 0 Å². The average Bonchev–Trinajstić information content (AvgIpc) is 3.37. The van der Waals surface area contributed by atoms with Gasteiger partial charge in [-0.3, -0.25) is 10.1 Å². The molecular weight excluding hydrogens is 280 g/mol. The van der Waals surface area contributed by atoms with E-state index in [1.165, 1.54) is 35.4 Å². The first-order chi connectivity index (χ1) is 10.1. The third kappa shape index (κ3) is 2.64. The molecule has 0 aromatic carbocycles. The summed E-state index contributed by atoms with van der Waals surface area (Å²) in [5.41, 5.74) is 0. The molecule has 3 nitrogen and oxygen atoms in total. The van der Waals surface area contributed by atoms with Crippen molar-refractivity contribution in [3.63, 3.8) is 0 Å². The highest BCUT2D eigenvalue weighted by atomic mass is 32.1. The maximum atomic E-state index is 12.6. The van der Waals surface area contributed by atoms with Crippen LogP contribution in [0.2, 0.25) is 0 Å². The van der Waals surface area contributed by atoms with Gasteiger partial charge in [-0.05, 0) is 69.4 Å². The van der Waals surface area contributed by atoms with Crippen molar-refractivity contribution in [3.8, 4) is 0 Å². The molecule has 0 bridgehead atoms. The molecule has 0 spiro atoms. The molecular formula is C17H24N2OS. The number of hydrogen-bond acceptors (Lipinski definition) is 3. The fourth-order valence-corrected chi connectivity index (χ4v) is 4.72. The lowest BCUT2D eigenvalue weighted by Crippen LogP contribution is -2.36. The first-order valence-corrected chi connectivity index (χ1v) is 9.08. The topological polar surface area (TPSA) is 32.3 Å². The minimum Gasteiger partial charge on any atom is -0.320 e. The molecule has 2 heterocycles. The Labute approximate surface area is 130 Å². The summed E-state index contributed by atoms with van der Waals surface area (Å²) in [5, 5.41) is 3.49. The van der Waals surface area contributed by atoms with E-state index in [9.17, 15) is 4.79 Å². The molecule has 2 aliphatic carbocycles. The Balaban J connectivity index is 1.55. The van der Waals surface area contributed by atoms with Crippen molar-refractivity contribution in [1.29, 1.82) is 0 Å². The Bertz CT molecular complexity index is 535. The van der Waals surface area contributed by atoms with E-state index in [1.54, 1.807) is 0 Å². The maximum Gasteiger partial charge on any atom is 0.241 e. The van der Waals surface area contributed by atoms with Gasteiger partial charge in [0.1, 0.15) is 6.17 Å². The summed E-state index contributed by atoms with van der Waals surface area (Å²) in [6, 6.07) is 4.29. The molecule has 1 aromatic rings. The van der Waals surface area contributed by atoms with Crippen LogP contribution in [-0.4, -0.2) is 23.4 Å². The monoisotopic (exact) mass is 304 g/mol. The molecule has 1 N–H and O–H groups in total. The lowest BCUT2D eigenvalue weighted by atomic mass is 9.97. The van der Waals surface area contributed by atoms with Crippen molar-refractivity contribution < 1.29 is 4.79 Å². The van der Waals surface area contributed by atoms with Crippen LogP contribution in [0.25, 0.3) is 0 Å². The molecule has 1 saturated heterocycles. The van der Waals surface area contributed by atoms with Crippen LogP contribution in [-0.2, 0) is 4.79 Å². The van der Waals surface area contributed by atoms with Crippen LogP contribution in [0.5, 0.6) is 0 Å². The second-order valence-electron chi connectivity index (χ2n) is 7.07. The Hall–Kier alpha value is -0.870. The Morgan fingerprint density at radius 3 is 2.48 bits per heavy atom. The molecule has 2 atom stereocenters. The Morgan fingerprint density at radius 1 is 1.29 bits per heavy atom. The maximum absolute atomic E-state index is 12.6. The van der Waals surface area contributed by atoms with Gasteiger partial charge in [0, 0.05) is 16.3 Å². The van der Waals surface area contributed by atoms with E-state index in [0.29, 0.717) is 0 Å². The van der Waals surface area contributed by atoms with Gasteiger partial charge >= 0.3 is 0 Å². The zero-order valence-corrected chi connectivity index (χ0v) is 13.7. The van der Waals surface area contributed by atoms with E-state index in [1.807, 2.05) is 18.3 Å². The van der Waals surface area contributed by atoms with Crippen LogP contribution in [0.4, 0.5) is 0 Å². The first kappa shape index (κ1) is 13.8. The van der Waals surface area contributed by atoms with Gasteiger partial charge in [0.05, 0.1) is 6.04 Å². The number of carbonyl (C=O) groups is 1. The van der Waals surface area contributed by atoms with Gasteiger partial charge in [0.25, 0.3) is 0 Å². The minimum atomic E-state index is -0.0449. The van der Waals surface area contributed by atoms with E-state index in [2.05, 4.69) is 29.3 Å². The van der Waals surface area contributed by atoms with Crippen molar-refractivity contribution in [2.75, 3.05) is 6.54 Å². The largest absolute Gasteiger partial charge is 0.320 e. The number of amides is 1. The number of hydrogen-bond donors (Lipinski definition) is 1. The fourth-order valence-electron chi connectivity index (χ4n) is 3.76. The van der Waals surface area contributed by atoms with Gasteiger partial charge in [0.2, 0.25) is 5.91 Å². The van der Waals surface area contributed by atoms with Gasteiger partial charge in [-0.1, -0.05) is 0 Å². The van der Waals surface area contributed by atoms with Gasteiger partial charge in [0.15, 0.2) is 0 Å². The summed E-state index contributed by atoms with van der Waals surface area (Å²) >= 11 is 1.81. The molecule has 3 aliphatic rings. The van der Waals surface area contributed by atoms with E-state index in [4.69, 9.17) is 0 Å². The van der Waals surface area contributed by atoms with E-state index >= 15 is 0 Å². The predicted octanol–water partition coefficient (Wildman–Crippen LogP) is 3.31. The number of thiophene rings is 1. The second kappa shape index (κ2) is 5.10. The summed E-state index contributed by atoms with van der Waals surface area (Å²) in [5.74, 6) is 2.83. The number of rotatable bonds is 5. The van der Waals surface area contributed by atoms with Crippen molar-refractivity contribution in [3.05, 3.63) is 21.9 Å². The zero-order chi connectivity index (χ0) is 14.6. The zero-order valence-electron chi connectivity index (χ0n) is 12.8. The lowest BCUT2D eigenvalue weighted by Gasteiger charge is -2.28. The molecule has 21 heavy (non-hydrogen) atoms. The average molecular weight is 304 g/mol. The molecule has 3 fully saturated rings. The van der Waals surface area contributed by atoms with Crippen LogP contribution in [0.15, 0.2) is 12.1 Å². The second-order valence-corrected chi connectivity index (χ2v) is 8.39. The van der Waals surface area contributed by atoms with Crippen LogP contribution < -0.4 is 5.32 Å². The summed E-state index contributed by atoms with van der Waals surface area (Å²) in [6.07, 6.45) is 5.64. The third-order valence-corrected chi connectivity index (χ3v) is 6.32. The summed E-state index contributed by atoms with van der Waals surface area (Å²) in [7, 11) is 0. The standard InChI is InChI=1S/C17H24N2OS/c1-10-3-8-15(21-10)16-18-11(2)17(20)19(16)9-14(12-4-5-12)13-6-7-13/h3,8,11-14,16,18H,4-7,9H2,1-2H3. The van der Waals surface area contributed by atoms with Crippen molar-refractivity contribution in [1.82, 2.24) is 10.2 Å². The van der Waals surface area contributed by atoms with Crippen molar-refractivity contribution in [2.45, 2.75) is 51.7 Å². The number of aryl methyl sites for hydroxylation is 1. The molecule has 1 amide bonds. The lowest BCUT2D eigenvalue weighted by molar-refractivity contribution is -0.130. The van der Waals surface area contributed by atoms with Crippen LogP contribution >= 0.6 is 11.3 Å². The van der Waals surface area contributed by atoms with E-state index < -0.39 is 0 Å². The highest BCUT2D eigenvalue weighted by Crippen LogP contribution is 2.50. The molecule has 2 saturated carbocycles. The van der Waals surface area contributed by atoms with Crippen LogP contribution in [0.3, 0.4) is 0 Å². The summed E-state index contributed by atoms with van der Waals surface area (Å²) in [4.78, 5) is 17.3. The van der Waals surface area contributed by atoms with Gasteiger partial charge < -0.3 is 4.90 Å². The van der Waals surface area contributed by atoms with Crippen LogP contribution in [0.1, 0.15) is 48.5 Å². The van der Waals surface area contributed by atoms with E-state index in [-0.39, 0.29) is 18.1 Å². The van der Waals surface area contributed by atoms with Gasteiger partial charge in [-0.15, -0.1) is 11.3 Å². The van der Waals surface area contributed by atoms with E-state index in [0.717, 1.165) is 24.3 Å². The molecule has 4 heteroatoms. The quantitative estimate of drug-likeness (QED) is 0.905. The summed E-state index contributed by atoms with van der Waals surface area (Å²) < 4.78 is 0. The highest BCUT2D eigenvalue weighted by molar-refractivity contribution is 7.12. The van der Waals surface area contributed by atoms with Crippen molar-refractivity contribution >= 4 is 17.2 Å². The molecule has 1 aromatic heterocycles. The van der Waals surface area contributed by atoms with Gasteiger partial charge in [-0.25, -0.2) is 0 Å². The fraction of sp³-hybridized carbons (Fsp3) is 0.706. The highest BCUT2D eigenvalue weighted by Gasteiger charge is 2.46. The first-order valence-electron chi connectivity index (χ1n) is 8.26. The molecule has 114 valence electrons. The number of nitrogens with zero attached hydrogens (tertiary/aromatic N) is 1. The molecule has 2 unspecified atom stereocenters. The SMILES string of the molecule is Cc1ccc(C2NC(C)C(=O)N2CC(C2CC2)C2CC2)s1. The summed E-state index contributed by atoms with van der Waals surface area (Å²) in [6.45, 7) is 5.10. The molecule has 1 aliphatic heterocycles. The minimum absolute atomic E-state index is 0.0449. The Morgan fingerprint density at radius 2 is 1.95 bits per heavy atom. The van der Waals surface area contributed by atoms with Crippen molar-refractivity contribution in [2.24, 2.45) is 17.8 Å². The predicted molar refractivity (Wildman–Crippen MR) is 85.0 cm³/mol.